The van der Waals surface area contributed by atoms with Crippen molar-refractivity contribution in [2.45, 2.75) is 40.0 Å². The third-order valence-corrected chi connectivity index (χ3v) is 5.50. The van der Waals surface area contributed by atoms with Crippen molar-refractivity contribution in [1.82, 2.24) is 5.32 Å². The summed E-state index contributed by atoms with van der Waals surface area (Å²) >= 11 is 1.28. The summed E-state index contributed by atoms with van der Waals surface area (Å²) in [4.78, 5) is 37.3. The Labute approximate surface area is 174 Å². The number of imide groups is 1. The molecule has 3 amide bonds. The maximum Gasteiger partial charge on any atom is 0.413 e. The second-order valence-electron chi connectivity index (χ2n) is 6.47. The van der Waals surface area contributed by atoms with Gasteiger partial charge in [0.25, 0.3) is 11.8 Å². The SMILES string of the molecule is CCCCCOc1ccc(C(=O)Nc2sc(C)c(C)c2C(=O)NC(=O)OC)cc1. The third-order valence-electron chi connectivity index (χ3n) is 4.37. The average Bonchev–Trinajstić information content (AvgIpc) is 2.98. The first-order valence-electron chi connectivity index (χ1n) is 9.40. The molecule has 7 nitrogen and oxygen atoms in total. The van der Waals surface area contributed by atoms with Crippen LogP contribution in [0.5, 0.6) is 5.75 Å². The topological polar surface area (TPSA) is 93.7 Å². The number of alkyl carbamates (subject to hydrolysis) is 1. The van der Waals surface area contributed by atoms with Crippen molar-refractivity contribution in [2.24, 2.45) is 0 Å². The lowest BCUT2D eigenvalue weighted by atomic mass is 10.1. The molecule has 8 heteroatoms. The van der Waals surface area contributed by atoms with Crippen LogP contribution in [0.3, 0.4) is 0 Å². The number of unbranched alkanes of at least 4 members (excludes halogenated alkanes) is 2. The Kier molecular flexibility index (Phi) is 8.21. The fourth-order valence-electron chi connectivity index (χ4n) is 2.61. The molecule has 0 unspecified atom stereocenters. The fourth-order valence-corrected chi connectivity index (χ4v) is 3.67. The second kappa shape index (κ2) is 10.6. The number of hydrogen-bond acceptors (Lipinski definition) is 6. The van der Waals surface area contributed by atoms with Crippen molar-refractivity contribution in [3.63, 3.8) is 0 Å². The normalized spacial score (nSPS) is 10.3. The molecule has 156 valence electrons. The lowest BCUT2D eigenvalue weighted by Crippen LogP contribution is -2.31. The van der Waals surface area contributed by atoms with Gasteiger partial charge < -0.3 is 14.8 Å². The molecule has 2 aromatic rings. The predicted molar refractivity (Wildman–Crippen MR) is 113 cm³/mol. The molecule has 0 atom stereocenters. The van der Waals surface area contributed by atoms with Gasteiger partial charge in [0.15, 0.2) is 0 Å². The minimum absolute atomic E-state index is 0.252. The summed E-state index contributed by atoms with van der Waals surface area (Å²) in [5.41, 5.74) is 1.39. The maximum absolute atomic E-state index is 12.6. The molecule has 0 aliphatic heterocycles. The molecule has 0 saturated heterocycles. The van der Waals surface area contributed by atoms with E-state index in [1.165, 1.54) is 18.4 Å². The number of amides is 3. The number of benzene rings is 1. The van der Waals surface area contributed by atoms with Crippen molar-refractivity contribution in [3.05, 3.63) is 45.8 Å². The van der Waals surface area contributed by atoms with Gasteiger partial charge in [-0.25, -0.2) is 4.79 Å². The summed E-state index contributed by atoms with van der Waals surface area (Å²) < 4.78 is 10.1. The lowest BCUT2D eigenvalue weighted by molar-refractivity contribution is 0.0937. The monoisotopic (exact) mass is 418 g/mol. The Morgan fingerprint density at radius 3 is 2.34 bits per heavy atom. The van der Waals surface area contributed by atoms with Crippen LogP contribution in [-0.4, -0.2) is 31.6 Å². The van der Waals surface area contributed by atoms with Crippen LogP contribution in [0.15, 0.2) is 24.3 Å². The number of thiophene rings is 1. The Morgan fingerprint density at radius 1 is 1.03 bits per heavy atom. The summed E-state index contributed by atoms with van der Waals surface area (Å²) in [5, 5.41) is 5.27. The Balaban J connectivity index is 2.09. The second-order valence-corrected chi connectivity index (χ2v) is 7.69. The molecule has 29 heavy (non-hydrogen) atoms. The van der Waals surface area contributed by atoms with Crippen LogP contribution in [0.25, 0.3) is 0 Å². The molecule has 1 heterocycles. The van der Waals surface area contributed by atoms with Gasteiger partial charge in [0.1, 0.15) is 10.8 Å². The number of methoxy groups -OCH3 is 1. The molecular weight excluding hydrogens is 392 g/mol. The van der Waals surface area contributed by atoms with Gasteiger partial charge in [-0.15, -0.1) is 11.3 Å². The van der Waals surface area contributed by atoms with Gasteiger partial charge in [-0.2, -0.15) is 0 Å². The minimum Gasteiger partial charge on any atom is -0.494 e. The minimum atomic E-state index is -0.856. The van der Waals surface area contributed by atoms with E-state index in [9.17, 15) is 14.4 Å². The van der Waals surface area contributed by atoms with Gasteiger partial charge in [-0.05, 0) is 50.1 Å². The van der Waals surface area contributed by atoms with Crippen LogP contribution in [0, 0.1) is 13.8 Å². The number of nitrogens with one attached hydrogen (secondary N) is 2. The molecule has 0 aliphatic rings. The molecule has 0 aliphatic carbocycles. The van der Waals surface area contributed by atoms with Gasteiger partial charge >= 0.3 is 6.09 Å². The Hall–Kier alpha value is -2.87. The largest absolute Gasteiger partial charge is 0.494 e. The van der Waals surface area contributed by atoms with Gasteiger partial charge in [-0.3, -0.25) is 14.9 Å². The van der Waals surface area contributed by atoms with Gasteiger partial charge in [0.2, 0.25) is 0 Å². The molecule has 0 saturated carbocycles. The molecular formula is C21H26N2O5S. The van der Waals surface area contributed by atoms with Crippen molar-refractivity contribution < 1.29 is 23.9 Å². The van der Waals surface area contributed by atoms with Crippen molar-refractivity contribution in [3.8, 4) is 5.75 Å². The van der Waals surface area contributed by atoms with E-state index in [4.69, 9.17) is 4.74 Å². The molecule has 1 aromatic heterocycles. The molecule has 2 rings (SSSR count). The summed E-state index contributed by atoms with van der Waals surface area (Å²) in [6, 6.07) is 6.84. The summed E-state index contributed by atoms with van der Waals surface area (Å²) in [5.74, 6) is -0.265. The highest BCUT2D eigenvalue weighted by Gasteiger charge is 2.23. The van der Waals surface area contributed by atoms with Crippen molar-refractivity contribution >= 4 is 34.2 Å². The highest BCUT2D eigenvalue weighted by atomic mass is 32.1. The van der Waals surface area contributed by atoms with Crippen LogP contribution in [0.1, 0.15) is 57.3 Å². The zero-order valence-electron chi connectivity index (χ0n) is 17.1. The van der Waals surface area contributed by atoms with Crippen molar-refractivity contribution in [1.29, 1.82) is 0 Å². The lowest BCUT2D eigenvalue weighted by Gasteiger charge is -2.09. The van der Waals surface area contributed by atoms with Gasteiger partial charge in [0, 0.05) is 10.4 Å². The standard InChI is InChI=1S/C21H26N2O5S/c1-5-6-7-12-28-16-10-8-15(9-11-16)18(24)22-20-17(13(2)14(3)29-20)19(25)23-21(26)27-4/h8-11H,5-7,12H2,1-4H3,(H,22,24)(H,23,25,26). The van der Waals surface area contributed by atoms with E-state index in [2.05, 4.69) is 22.3 Å². The van der Waals surface area contributed by atoms with Crippen LogP contribution in [-0.2, 0) is 4.74 Å². The van der Waals surface area contributed by atoms with E-state index >= 15 is 0 Å². The predicted octanol–water partition coefficient (Wildman–Crippen LogP) is 4.68. The molecule has 2 N–H and O–H groups in total. The smallest absolute Gasteiger partial charge is 0.413 e. The first-order valence-corrected chi connectivity index (χ1v) is 10.2. The van der Waals surface area contributed by atoms with Gasteiger partial charge in [0.05, 0.1) is 19.3 Å². The molecule has 0 radical (unpaired) electrons. The average molecular weight is 419 g/mol. The third kappa shape index (κ3) is 6.05. The van der Waals surface area contributed by atoms with Crippen LogP contribution < -0.4 is 15.4 Å². The van der Waals surface area contributed by atoms with E-state index in [1.54, 1.807) is 31.2 Å². The van der Waals surface area contributed by atoms with Crippen molar-refractivity contribution in [2.75, 3.05) is 19.0 Å². The van der Waals surface area contributed by atoms with E-state index in [-0.39, 0.29) is 11.5 Å². The van der Waals surface area contributed by atoms with Crippen LogP contribution in [0.2, 0.25) is 0 Å². The van der Waals surface area contributed by atoms with Crippen LogP contribution in [0.4, 0.5) is 9.80 Å². The van der Waals surface area contributed by atoms with Gasteiger partial charge in [-0.1, -0.05) is 19.8 Å². The molecule has 0 spiro atoms. The molecule has 0 fully saturated rings. The zero-order chi connectivity index (χ0) is 21.4. The quantitative estimate of drug-likeness (QED) is 0.607. The Morgan fingerprint density at radius 2 is 1.72 bits per heavy atom. The maximum atomic E-state index is 12.6. The highest BCUT2D eigenvalue weighted by molar-refractivity contribution is 7.16. The van der Waals surface area contributed by atoms with E-state index < -0.39 is 12.0 Å². The number of anilines is 1. The number of ether oxygens (including phenoxy) is 2. The number of aryl methyl sites for hydroxylation is 1. The summed E-state index contributed by atoms with van der Waals surface area (Å²) in [7, 11) is 1.17. The summed E-state index contributed by atoms with van der Waals surface area (Å²) in [6.45, 7) is 6.38. The first-order chi connectivity index (χ1) is 13.9. The van der Waals surface area contributed by atoms with E-state index in [0.717, 1.165) is 24.1 Å². The van der Waals surface area contributed by atoms with E-state index in [1.807, 2.05) is 6.92 Å². The number of hydrogen-bond donors (Lipinski definition) is 2. The molecule has 0 bridgehead atoms. The summed E-state index contributed by atoms with van der Waals surface area (Å²) in [6.07, 6.45) is 2.38. The number of carbonyl (C=O) groups excluding carboxylic acids is 3. The zero-order valence-corrected chi connectivity index (χ0v) is 17.9. The number of carbonyl (C=O) groups is 3. The fraction of sp³-hybridized carbons (Fsp3) is 0.381. The number of rotatable bonds is 8. The van der Waals surface area contributed by atoms with E-state index in [0.29, 0.717) is 28.5 Å². The first kappa shape index (κ1) is 22.4. The molecule has 1 aromatic carbocycles. The highest BCUT2D eigenvalue weighted by Crippen LogP contribution is 2.32. The van der Waals surface area contributed by atoms with Crippen LogP contribution >= 0.6 is 11.3 Å². The Bertz CT molecular complexity index is 874.